The number of aromatic nitrogens is 1. The molecule has 1 heterocycles. The van der Waals surface area contributed by atoms with Crippen molar-refractivity contribution in [2.45, 2.75) is 45.1 Å². The zero-order valence-electron chi connectivity index (χ0n) is 15.3. The molecule has 0 N–H and O–H groups in total. The summed E-state index contributed by atoms with van der Waals surface area (Å²) in [6.07, 6.45) is 4.07. The predicted octanol–water partition coefficient (Wildman–Crippen LogP) is 4.00. The SMILES string of the molecule is COC(=O)c1ccc(CCn2c(CCBr)c(C3CC3)cc(C)c2=O)cc1. The third-order valence-electron chi connectivity index (χ3n) is 4.96. The van der Waals surface area contributed by atoms with Crippen molar-refractivity contribution in [2.75, 3.05) is 12.4 Å². The molecule has 1 fully saturated rings. The lowest BCUT2D eigenvalue weighted by molar-refractivity contribution is 0.0600. The molecular formula is C21H24BrNO3. The highest BCUT2D eigenvalue weighted by atomic mass is 79.9. The second-order valence-corrected chi connectivity index (χ2v) is 7.63. The molecule has 3 rings (SSSR count). The number of esters is 1. The van der Waals surface area contributed by atoms with Gasteiger partial charge < -0.3 is 9.30 Å². The zero-order chi connectivity index (χ0) is 18.7. The molecule has 1 aliphatic carbocycles. The molecule has 1 saturated carbocycles. The van der Waals surface area contributed by atoms with Crippen molar-refractivity contribution in [3.63, 3.8) is 0 Å². The summed E-state index contributed by atoms with van der Waals surface area (Å²) in [6.45, 7) is 2.56. The minimum absolute atomic E-state index is 0.108. The first kappa shape index (κ1) is 18.9. The first-order valence-electron chi connectivity index (χ1n) is 9.01. The number of aryl methyl sites for hydroxylation is 2. The minimum Gasteiger partial charge on any atom is -0.465 e. The highest BCUT2D eigenvalue weighted by Crippen LogP contribution is 2.41. The van der Waals surface area contributed by atoms with Crippen molar-refractivity contribution >= 4 is 21.9 Å². The topological polar surface area (TPSA) is 48.3 Å². The van der Waals surface area contributed by atoms with Crippen molar-refractivity contribution in [2.24, 2.45) is 0 Å². The second-order valence-electron chi connectivity index (χ2n) is 6.84. The normalized spacial score (nSPS) is 13.7. The first-order valence-corrected chi connectivity index (χ1v) is 10.1. The highest BCUT2D eigenvalue weighted by molar-refractivity contribution is 9.09. The number of hydrogen-bond acceptors (Lipinski definition) is 3. The van der Waals surface area contributed by atoms with E-state index in [9.17, 15) is 9.59 Å². The van der Waals surface area contributed by atoms with E-state index in [1.54, 1.807) is 12.1 Å². The summed E-state index contributed by atoms with van der Waals surface area (Å²) in [5, 5.41) is 0.850. The van der Waals surface area contributed by atoms with E-state index in [1.807, 2.05) is 23.6 Å². The van der Waals surface area contributed by atoms with Crippen LogP contribution in [0.25, 0.3) is 0 Å². The molecule has 0 spiro atoms. The summed E-state index contributed by atoms with van der Waals surface area (Å²) in [5.41, 5.74) is 5.10. The van der Waals surface area contributed by atoms with Gasteiger partial charge in [0.2, 0.25) is 0 Å². The third-order valence-corrected chi connectivity index (χ3v) is 5.36. The highest BCUT2D eigenvalue weighted by Gasteiger charge is 2.28. The van der Waals surface area contributed by atoms with Crippen LogP contribution in [0.3, 0.4) is 0 Å². The molecule has 0 aliphatic heterocycles. The number of carbonyl (C=O) groups excluding carboxylic acids is 1. The van der Waals surface area contributed by atoms with Gasteiger partial charge in [0.1, 0.15) is 0 Å². The van der Waals surface area contributed by atoms with Crippen LogP contribution < -0.4 is 5.56 Å². The number of benzene rings is 1. The van der Waals surface area contributed by atoms with Gasteiger partial charge in [-0.3, -0.25) is 4.79 Å². The molecule has 1 aromatic carbocycles. The van der Waals surface area contributed by atoms with E-state index in [-0.39, 0.29) is 11.5 Å². The number of pyridine rings is 1. The maximum atomic E-state index is 12.7. The Hall–Kier alpha value is -1.88. The molecular weight excluding hydrogens is 394 g/mol. The van der Waals surface area contributed by atoms with Crippen LogP contribution in [0.2, 0.25) is 0 Å². The lowest BCUT2D eigenvalue weighted by Crippen LogP contribution is -2.28. The van der Waals surface area contributed by atoms with Crippen molar-refractivity contribution in [3.8, 4) is 0 Å². The van der Waals surface area contributed by atoms with Crippen LogP contribution in [-0.2, 0) is 24.1 Å². The molecule has 2 aromatic rings. The van der Waals surface area contributed by atoms with Crippen LogP contribution in [0.15, 0.2) is 35.1 Å². The van der Waals surface area contributed by atoms with E-state index in [1.165, 1.54) is 31.2 Å². The second kappa shape index (κ2) is 8.21. The third kappa shape index (κ3) is 4.09. The molecule has 0 radical (unpaired) electrons. The Labute approximate surface area is 162 Å². The van der Waals surface area contributed by atoms with Gasteiger partial charge in [0.25, 0.3) is 5.56 Å². The molecule has 0 unspecified atom stereocenters. The smallest absolute Gasteiger partial charge is 0.337 e. The first-order chi connectivity index (χ1) is 12.5. The fourth-order valence-electron chi connectivity index (χ4n) is 3.39. The van der Waals surface area contributed by atoms with Gasteiger partial charge in [-0.15, -0.1) is 0 Å². The number of hydrogen-bond donors (Lipinski definition) is 0. The van der Waals surface area contributed by atoms with Gasteiger partial charge in [-0.1, -0.05) is 28.1 Å². The molecule has 0 amide bonds. The van der Waals surface area contributed by atoms with Crippen molar-refractivity contribution in [1.29, 1.82) is 0 Å². The molecule has 4 nitrogen and oxygen atoms in total. The molecule has 138 valence electrons. The summed E-state index contributed by atoms with van der Waals surface area (Å²) in [5.74, 6) is 0.286. The Morgan fingerprint density at radius 3 is 2.50 bits per heavy atom. The van der Waals surface area contributed by atoms with E-state index < -0.39 is 0 Å². The van der Waals surface area contributed by atoms with Gasteiger partial charge in [-0.05, 0) is 67.9 Å². The van der Waals surface area contributed by atoms with Crippen LogP contribution in [0.5, 0.6) is 0 Å². The fraction of sp³-hybridized carbons (Fsp3) is 0.429. The maximum absolute atomic E-state index is 12.7. The largest absolute Gasteiger partial charge is 0.465 e. The van der Waals surface area contributed by atoms with Crippen LogP contribution >= 0.6 is 15.9 Å². The van der Waals surface area contributed by atoms with Gasteiger partial charge in [-0.2, -0.15) is 0 Å². The van der Waals surface area contributed by atoms with Gasteiger partial charge in [-0.25, -0.2) is 4.79 Å². The molecule has 0 bridgehead atoms. The van der Waals surface area contributed by atoms with Crippen LogP contribution in [0.1, 0.15) is 51.5 Å². The standard InChI is InChI=1S/C21H24BrNO3/c1-14-13-18(16-7-8-16)19(9-11-22)23(20(14)24)12-10-15-3-5-17(6-4-15)21(25)26-2/h3-6,13,16H,7-12H2,1-2H3. The number of carbonyl (C=O) groups is 1. The van der Waals surface area contributed by atoms with Crippen LogP contribution in [-0.4, -0.2) is 23.0 Å². The number of methoxy groups -OCH3 is 1. The molecule has 5 heteroatoms. The monoisotopic (exact) mass is 417 g/mol. The molecule has 0 saturated heterocycles. The summed E-state index contributed by atoms with van der Waals surface area (Å²) in [7, 11) is 1.38. The lowest BCUT2D eigenvalue weighted by Gasteiger charge is -2.18. The van der Waals surface area contributed by atoms with Gasteiger partial charge in [0, 0.05) is 23.1 Å². The van der Waals surface area contributed by atoms with Crippen LogP contribution in [0, 0.1) is 6.92 Å². The Bertz CT molecular complexity index is 851. The number of halogens is 1. The van der Waals surface area contributed by atoms with E-state index >= 15 is 0 Å². The van der Waals surface area contributed by atoms with Gasteiger partial charge in [0.15, 0.2) is 0 Å². The van der Waals surface area contributed by atoms with Crippen LogP contribution in [0.4, 0.5) is 0 Å². The lowest BCUT2D eigenvalue weighted by atomic mass is 10.0. The summed E-state index contributed by atoms with van der Waals surface area (Å²) in [4.78, 5) is 24.3. The average molecular weight is 418 g/mol. The van der Waals surface area contributed by atoms with E-state index in [0.717, 1.165) is 29.3 Å². The number of rotatable bonds is 7. The zero-order valence-corrected chi connectivity index (χ0v) is 16.8. The Balaban J connectivity index is 1.84. The summed E-state index contributed by atoms with van der Waals surface area (Å²) >= 11 is 3.53. The Morgan fingerprint density at radius 2 is 1.92 bits per heavy atom. The van der Waals surface area contributed by atoms with Gasteiger partial charge >= 0.3 is 5.97 Å². The molecule has 1 aromatic heterocycles. The maximum Gasteiger partial charge on any atom is 0.337 e. The van der Waals surface area contributed by atoms with Gasteiger partial charge in [0.05, 0.1) is 12.7 Å². The fourth-order valence-corrected chi connectivity index (χ4v) is 3.76. The van der Waals surface area contributed by atoms with Crippen molar-refractivity contribution in [3.05, 3.63) is 68.6 Å². The average Bonchev–Trinajstić information content (AvgIpc) is 3.49. The predicted molar refractivity (Wildman–Crippen MR) is 106 cm³/mol. The van der Waals surface area contributed by atoms with E-state index in [0.29, 0.717) is 18.0 Å². The number of alkyl halides is 1. The molecule has 0 atom stereocenters. The van der Waals surface area contributed by atoms with E-state index in [2.05, 4.69) is 22.0 Å². The minimum atomic E-state index is -0.333. The van der Waals surface area contributed by atoms with Crippen molar-refractivity contribution < 1.29 is 9.53 Å². The Morgan fingerprint density at radius 1 is 1.23 bits per heavy atom. The molecule has 26 heavy (non-hydrogen) atoms. The summed E-state index contributed by atoms with van der Waals surface area (Å²) in [6, 6.07) is 9.50. The Kier molecular flexibility index (Phi) is 5.97. The number of nitrogens with zero attached hydrogens (tertiary/aromatic N) is 1. The van der Waals surface area contributed by atoms with Crippen molar-refractivity contribution in [1.82, 2.24) is 4.57 Å². The van der Waals surface area contributed by atoms with E-state index in [4.69, 9.17) is 4.74 Å². The quantitative estimate of drug-likeness (QED) is 0.505. The summed E-state index contributed by atoms with van der Waals surface area (Å²) < 4.78 is 6.69. The molecule has 1 aliphatic rings. The number of ether oxygens (including phenoxy) is 1.